The van der Waals surface area contributed by atoms with Crippen molar-refractivity contribution >= 4 is 23.4 Å². The normalized spacial score (nSPS) is 17.9. The molecule has 0 fully saturated rings. The summed E-state index contributed by atoms with van der Waals surface area (Å²) in [7, 11) is 0. The Labute approximate surface area is 222 Å². The van der Waals surface area contributed by atoms with E-state index in [2.05, 4.69) is 5.32 Å². The molecule has 192 valence electrons. The van der Waals surface area contributed by atoms with Crippen molar-refractivity contribution in [3.8, 4) is 11.5 Å². The van der Waals surface area contributed by atoms with Crippen LogP contribution in [0.25, 0.3) is 0 Å². The molecule has 1 N–H and O–H groups in total. The molecule has 7 heteroatoms. The summed E-state index contributed by atoms with van der Waals surface area (Å²) in [6, 6.07) is 18.7. The van der Waals surface area contributed by atoms with Crippen LogP contribution < -0.4 is 14.8 Å². The van der Waals surface area contributed by atoms with Gasteiger partial charge >= 0.3 is 0 Å². The Bertz CT molecular complexity index is 1310. The molecule has 0 aromatic heterocycles. The van der Waals surface area contributed by atoms with E-state index >= 15 is 0 Å². The number of hydrogen-bond acceptors (Lipinski definition) is 4. The minimum absolute atomic E-state index is 0.0386. The van der Waals surface area contributed by atoms with Crippen LogP contribution in [-0.4, -0.2) is 43.0 Å². The summed E-state index contributed by atoms with van der Waals surface area (Å²) >= 11 is 6.00. The Morgan fingerprint density at radius 2 is 1.70 bits per heavy atom. The number of nitrogens with one attached hydrogen (secondary N) is 1. The van der Waals surface area contributed by atoms with Gasteiger partial charge in [0.05, 0.1) is 25.2 Å². The van der Waals surface area contributed by atoms with Crippen molar-refractivity contribution in [2.75, 3.05) is 26.3 Å². The minimum atomic E-state index is -0.536. The summed E-state index contributed by atoms with van der Waals surface area (Å²) < 4.78 is 11.8. The lowest BCUT2D eigenvalue weighted by Gasteiger charge is -2.45. The van der Waals surface area contributed by atoms with Crippen LogP contribution in [0.15, 0.2) is 60.7 Å². The SMILES string of the molecule is CCOc1cc2c(cc1OCC)[C@H]1[C@H](C(=O)NCCc3ccc(Cl)cc3)c3ccccc3C(=O)N1CC2. The van der Waals surface area contributed by atoms with Crippen molar-refractivity contribution in [3.05, 3.63) is 93.5 Å². The van der Waals surface area contributed by atoms with Gasteiger partial charge in [-0.05, 0) is 79.3 Å². The van der Waals surface area contributed by atoms with E-state index < -0.39 is 12.0 Å². The molecule has 2 atom stereocenters. The number of ether oxygens (including phenoxy) is 2. The van der Waals surface area contributed by atoms with Crippen molar-refractivity contribution in [2.45, 2.75) is 38.6 Å². The molecule has 0 aliphatic carbocycles. The van der Waals surface area contributed by atoms with Gasteiger partial charge in [0.2, 0.25) is 5.91 Å². The first-order valence-corrected chi connectivity index (χ1v) is 13.2. The van der Waals surface area contributed by atoms with E-state index in [1.807, 2.05) is 79.4 Å². The van der Waals surface area contributed by atoms with Crippen LogP contribution in [0.4, 0.5) is 0 Å². The van der Waals surface area contributed by atoms with Gasteiger partial charge in [-0.1, -0.05) is 41.9 Å². The number of nitrogens with zero attached hydrogens (tertiary/aromatic N) is 1. The van der Waals surface area contributed by atoms with Crippen LogP contribution in [-0.2, 0) is 17.6 Å². The maximum absolute atomic E-state index is 13.8. The van der Waals surface area contributed by atoms with Gasteiger partial charge in [-0.15, -0.1) is 0 Å². The summed E-state index contributed by atoms with van der Waals surface area (Å²) in [6.45, 7) is 5.92. The number of halogens is 1. The number of fused-ring (bicyclic) bond motifs is 4. The van der Waals surface area contributed by atoms with E-state index in [9.17, 15) is 9.59 Å². The Kier molecular flexibility index (Phi) is 7.38. The second-order valence-corrected chi connectivity index (χ2v) is 9.73. The van der Waals surface area contributed by atoms with Gasteiger partial charge in [-0.25, -0.2) is 0 Å². The van der Waals surface area contributed by atoms with Gasteiger partial charge in [0.25, 0.3) is 5.91 Å². The topological polar surface area (TPSA) is 67.9 Å². The second-order valence-electron chi connectivity index (χ2n) is 9.29. The molecule has 0 spiro atoms. The zero-order chi connectivity index (χ0) is 25.9. The molecule has 2 heterocycles. The van der Waals surface area contributed by atoms with Gasteiger partial charge in [0, 0.05) is 23.7 Å². The zero-order valence-electron chi connectivity index (χ0n) is 21.1. The van der Waals surface area contributed by atoms with E-state index in [1.165, 1.54) is 0 Å². The third-order valence-electron chi connectivity index (χ3n) is 7.09. The average molecular weight is 519 g/mol. The molecule has 0 saturated heterocycles. The van der Waals surface area contributed by atoms with E-state index in [0.29, 0.717) is 61.2 Å². The molecule has 3 aromatic carbocycles. The van der Waals surface area contributed by atoms with Crippen LogP contribution in [0.2, 0.25) is 5.02 Å². The maximum atomic E-state index is 13.8. The standard InChI is InChI=1S/C30H31ClN2O4/c1-3-36-25-17-20-14-16-33-28(24(20)18-26(25)37-4-2)27(22-7-5-6-8-23(22)30(33)35)29(34)32-15-13-19-9-11-21(31)12-10-19/h5-12,17-18,27-28H,3-4,13-16H2,1-2H3,(H,32,34)/t27-,28+/m1/s1. The quantitative estimate of drug-likeness (QED) is 0.437. The lowest BCUT2D eigenvalue weighted by molar-refractivity contribution is -0.124. The molecule has 5 rings (SSSR count). The predicted octanol–water partition coefficient (Wildman–Crippen LogP) is 5.33. The lowest BCUT2D eigenvalue weighted by atomic mass is 9.75. The molecule has 2 aliphatic rings. The predicted molar refractivity (Wildman–Crippen MR) is 144 cm³/mol. The van der Waals surface area contributed by atoms with E-state index in [4.69, 9.17) is 21.1 Å². The number of carbonyl (C=O) groups is 2. The van der Waals surface area contributed by atoms with Crippen molar-refractivity contribution < 1.29 is 19.1 Å². The number of amides is 2. The Hall–Kier alpha value is -3.51. The van der Waals surface area contributed by atoms with Crippen LogP contribution in [0, 0.1) is 0 Å². The third-order valence-corrected chi connectivity index (χ3v) is 7.35. The monoisotopic (exact) mass is 518 g/mol. The van der Waals surface area contributed by atoms with Crippen molar-refractivity contribution in [2.24, 2.45) is 0 Å². The molecule has 2 aliphatic heterocycles. The summed E-state index contributed by atoms with van der Waals surface area (Å²) in [6.07, 6.45) is 1.38. The van der Waals surface area contributed by atoms with Crippen LogP contribution >= 0.6 is 11.6 Å². The van der Waals surface area contributed by atoms with Gasteiger partial charge < -0.3 is 19.7 Å². The number of benzene rings is 3. The Balaban J connectivity index is 1.51. The highest BCUT2D eigenvalue weighted by Crippen LogP contribution is 2.48. The Morgan fingerprint density at radius 3 is 2.43 bits per heavy atom. The van der Waals surface area contributed by atoms with Crippen molar-refractivity contribution in [1.82, 2.24) is 10.2 Å². The molecule has 0 saturated carbocycles. The number of carbonyl (C=O) groups excluding carboxylic acids is 2. The van der Waals surface area contributed by atoms with Gasteiger partial charge in [-0.2, -0.15) is 0 Å². The van der Waals surface area contributed by atoms with Gasteiger partial charge in [0.15, 0.2) is 11.5 Å². The molecule has 0 radical (unpaired) electrons. The first-order valence-electron chi connectivity index (χ1n) is 12.9. The molecule has 3 aromatic rings. The molecular formula is C30H31ClN2O4. The van der Waals surface area contributed by atoms with Crippen molar-refractivity contribution in [1.29, 1.82) is 0 Å². The molecule has 37 heavy (non-hydrogen) atoms. The third kappa shape index (κ3) is 4.90. The second kappa shape index (κ2) is 10.9. The first kappa shape index (κ1) is 25.2. The fourth-order valence-electron chi connectivity index (χ4n) is 5.44. The molecular weight excluding hydrogens is 488 g/mol. The van der Waals surface area contributed by atoms with Crippen LogP contribution in [0.5, 0.6) is 11.5 Å². The fraction of sp³-hybridized carbons (Fsp3) is 0.333. The number of rotatable bonds is 8. The van der Waals surface area contributed by atoms with Crippen LogP contribution in [0.3, 0.4) is 0 Å². The smallest absolute Gasteiger partial charge is 0.254 e. The molecule has 0 bridgehead atoms. The highest BCUT2D eigenvalue weighted by atomic mass is 35.5. The van der Waals surface area contributed by atoms with Crippen molar-refractivity contribution in [3.63, 3.8) is 0 Å². The molecule has 0 unspecified atom stereocenters. The highest BCUT2D eigenvalue weighted by molar-refractivity contribution is 6.30. The average Bonchev–Trinajstić information content (AvgIpc) is 2.90. The van der Waals surface area contributed by atoms with E-state index in [-0.39, 0.29) is 11.8 Å². The van der Waals surface area contributed by atoms with Crippen LogP contribution in [0.1, 0.15) is 58.4 Å². The number of hydrogen-bond donors (Lipinski definition) is 1. The summed E-state index contributed by atoms with van der Waals surface area (Å²) in [5.41, 5.74) is 4.48. The van der Waals surface area contributed by atoms with Gasteiger partial charge in [0.1, 0.15) is 0 Å². The molecule has 6 nitrogen and oxygen atoms in total. The zero-order valence-corrected chi connectivity index (χ0v) is 21.9. The summed E-state index contributed by atoms with van der Waals surface area (Å²) in [5, 5.41) is 3.83. The highest BCUT2D eigenvalue weighted by Gasteiger charge is 2.46. The largest absolute Gasteiger partial charge is 0.490 e. The minimum Gasteiger partial charge on any atom is -0.490 e. The lowest BCUT2D eigenvalue weighted by Crippen LogP contribution is -2.50. The Morgan fingerprint density at radius 1 is 1.00 bits per heavy atom. The molecule has 2 amide bonds. The van der Waals surface area contributed by atoms with Gasteiger partial charge in [-0.3, -0.25) is 9.59 Å². The summed E-state index contributed by atoms with van der Waals surface area (Å²) in [5.74, 6) is 0.665. The van der Waals surface area contributed by atoms with E-state index in [1.54, 1.807) is 0 Å². The van der Waals surface area contributed by atoms with E-state index in [0.717, 1.165) is 22.3 Å². The summed E-state index contributed by atoms with van der Waals surface area (Å²) in [4.78, 5) is 29.2. The first-order chi connectivity index (χ1) is 18.0. The fourth-order valence-corrected chi connectivity index (χ4v) is 5.57. The maximum Gasteiger partial charge on any atom is 0.254 e.